The van der Waals surface area contributed by atoms with Gasteiger partial charge < -0.3 is 9.90 Å². The van der Waals surface area contributed by atoms with Crippen LogP contribution in [0.2, 0.25) is 0 Å². The number of hydrogen-bond acceptors (Lipinski definition) is 5. The van der Waals surface area contributed by atoms with Crippen LogP contribution in [-0.4, -0.2) is 27.1 Å². The Morgan fingerprint density at radius 2 is 2.25 bits per heavy atom. The highest BCUT2D eigenvalue weighted by molar-refractivity contribution is 8.26. The minimum absolute atomic E-state index is 0.148. The Morgan fingerprint density at radius 1 is 1.55 bits per heavy atom. The average molecular weight is 310 g/mol. The lowest BCUT2D eigenvalue weighted by atomic mass is 10.2. The number of thioether (sulfide) groups is 1. The van der Waals surface area contributed by atoms with E-state index in [9.17, 15) is 19.1 Å². The van der Waals surface area contributed by atoms with E-state index in [1.807, 2.05) is 0 Å². The van der Waals surface area contributed by atoms with E-state index in [2.05, 4.69) is 0 Å². The van der Waals surface area contributed by atoms with Crippen molar-refractivity contribution in [3.05, 3.63) is 40.6 Å². The van der Waals surface area contributed by atoms with Crippen LogP contribution >= 0.6 is 24.0 Å². The first-order valence-corrected chi connectivity index (χ1v) is 6.86. The number of carbonyl (C=O) groups is 2. The predicted molar refractivity (Wildman–Crippen MR) is 75.9 cm³/mol. The van der Waals surface area contributed by atoms with Gasteiger partial charge in [0.05, 0.1) is 16.9 Å². The van der Waals surface area contributed by atoms with E-state index in [1.165, 1.54) is 31.2 Å². The van der Waals surface area contributed by atoms with Gasteiger partial charge in [0.1, 0.15) is 10.1 Å². The topological polar surface area (TPSA) is 60.4 Å². The summed E-state index contributed by atoms with van der Waals surface area (Å²) in [5, 5.41) is 10.8. The van der Waals surface area contributed by atoms with Gasteiger partial charge in [0, 0.05) is 0 Å². The molecule has 1 aromatic rings. The van der Waals surface area contributed by atoms with Gasteiger partial charge >= 0.3 is 0 Å². The highest BCUT2D eigenvalue weighted by atomic mass is 32.2. The van der Waals surface area contributed by atoms with Crippen LogP contribution in [0, 0.1) is 5.82 Å². The molecule has 4 nitrogen and oxygen atoms in total. The first kappa shape index (κ1) is 14.7. The van der Waals surface area contributed by atoms with Crippen molar-refractivity contribution < 1.29 is 19.1 Å². The molecule has 2 rings (SSSR count). The number of benzene rings is 1. The maximum atomic E-state index is 13.1. The molecule has 1 fully saturated rings. The zero-order chi connectivity index (χ0) is 14.9. The van der Waals surface area contributed by atoms with Crippen molar-refractivity contribution in [3.63, 3.8) is 0 Å². The zero-order valence-corrected chi connectivity index (χ0v) is 12.0. The van der Waals surface area contributed by atoms with Crippen molar-refractivity contribution in [1.29, 1.82) is 0 Å². The minimum Gasteiger partial charge on any atom is -0.548 e. The van der Waals surface area contributed by atoms with E-state index >= 15 is 0 Å². The Bertz CT molecular complexity index is 630. The third-order valence-electron chi connectivity index (χ3n) is 2.70. The van der Waals surface area contributed by atoms with Crippen LogP contribution in [0.3, 0.4) is 0 Å². The molecule has 1 aromatic carbocycles. The van der Waals surface area contributed by atoms with Gasteiger partial charge in [-0.1, -0.05) is 36.1 Å². The quantitative estimate of drug-likeness (QED) is 0.619. The van der Waals surface area contributed by atoms with Gasteiger partial charge in [-0.05, 0) is 30.7 Å². The number of aliphatic carboxylic acids is 1. The molecule has 1 heterocycles. The molecule has 104 valence electrons. The maximum absolute atomic E-state index is 13.1. The van der Waals surface area contributed by atoms with E-state index in [1.54, 1.807) is 6.07 Å². The summed E-state index contributed by atoms with van der Waals surface area (Å²) in [6.07, 6.45) is 1.48. The van der Waals surface area contributed by atoms with E-state index in [4.69, 9.17) is 12.2 Å². The predicted octanol–water partition coefficient (Wildman–Crippen LogP) is 1.17. The summed E-state index contributed by atoms with van der Waals surface area (Å²) < 4.78 is 13.2. The van der Waals surface area contributed by atoms with Crippen molar-refractivity contribution in [3.8, 4) is 0 Å². The summed E-state index contributed by atoms with van der Waals surface area (Å²) >= 11 is 5.98. The van der Waals surface area contributed by atoms with Gasteiger partial charge in [-0.25, -0.2) is 4.39 Å². The van der Waals surface area contributed by atoms with Crippen LogP contribution < -0.4 is 5.11 Å². The lowest BCUT2D eigenvalue weighted by molar-refractivity contribution is -0.309. The van der Waals surface area contributed by atoms with Crippen LogP contribution in [0.5, 0.6) is 0 Å². The largest absolute Gasteiger partial charge is 0.548 e. The molecule has 1 aliphatic heterocycles. The van der Waals surface area contributed by atoms with Gasteiger partial charge in [0.25, 0.3) is 5.91 Å². The van der Waals surface area contributed by atoms with Crippen molar-refractivity contribution in [2.24, 2.45) is 0 Å². The van der Waals surface area contributed by atoms with Crippen molar-refractivity contribution >= 4 is 46.3 Å². The van der Waals surface area contributed by atoms with Crippen LogP contribution in [0.25, 0.3) is 6.08 Å². The third-order valence-corrected chi connectivity index (χ3v) is 4.03. The number of halogens is 1. The molecule has 0 bridgehead atoms. The van der Waals surface area contributed by atoms with Crippen LogP contribution in [-0.2, 0) is 9.59 Å². The molecular weight excluding hydrogens is 301 g/mol. The average Bonchev–Trinajstić information content (AvgIpc) is 2.63. The minimum atomic E-state index is -1.38. The fourth-order valence-corrected chi connectivity index (χ4v) is 3.09. The number of carboxylic acid groups (broad SMARTS) is 1. The number of thiocarbonyl (C=S) groups is 1. The summed E-state index contributed by atoms with van der Waals surface area (Å²) in [6, 6.07) is 4.58. The molecule has 1 atom stereocenters. The number of carboxylic acids is 1. The van der Waals surface area contributed by atoms with Crippen LogP contribution in [0.4, 0.5) is 4.39 Å². The summed E-state index contributed by atoms with van der Waals surface area (Å²) in [7, 11) is 0. The fourth-order valence-electron chi connectivity index (χ4n) is 1.67. The van der Waals surface area contributed by atoms with Crippen LogP contribution in [0.15, 0.2) is 29.2 Å². The van der Waals surface area contributed by atoms with E-state index in [0.29, 0.717) is 5.56 Å². The summed E-state index contributed by atoms with van der Waals surface area (Å²) in [6.45, 7) is 1.32. The Labute approximate surface area is 124 Å². The number of hydrogen-bond donors (Lipinski definition) is 0. The van der Waals surface area contributed by atoms with E-state index in [-0.39, 0.29) is 9.23 Å². The molecule has 7 heteroatoms. The van der Waals surface area contributed by atoms with Gasteiger partial charge in [0.2, 0.25) is 0 Å². The molecule has 0 spiro atoms. The standard InChI is InChI=1S/C13H10FNO3S2/c1-7(12(17)18)15-11(16)10(20-13(15)19)6-8-3-2-4-9(14)5-8/h2-7H,1H3,(H,17,18)/p-1/t7-/m0/s1. The normalized spacial score (nSPS) is 18.7. The highest BCUT2D eigenvalue weighted by Crippen LogP contribution is 2.33. The van der Waals surface area contributed by atoms with Gasteiger partial charge in [0.15, 0.2) is 0 Å². The lowest BCUT2D eigenvalue weighted by Gasteiger charge is -2.23. The smallest absolute Gasteiger partial charge is 0.266 e. The molecule has 0 unspecified atom stereocenters. The Hall–Kier alpha value is -1.73. The van der Waals surface area contributed by atoms with Crippen molar-refractivity contribution in [2.75, 3.05) is 0 Å². The molecule has 0 aliphatic carbocycles. The monoisotopic (exact) mass is 310 g/mol. The molecule has 1 saturated heterocycles. The second-order valence-electron chi connectivity index (χ2n) is 4.10. The van der Waals surface area contributed by atoms with Gasteiger partial charge in [-0.3, -0.25) is 9.69 Å². The van der Waals surface area contributed by atoms with Gasteiger partial charge in [-0.15, -0.1) is 0 Å². The number of amides is 1. The summed E-state index contributed by atoms with van der Waals surface area (Å²) in [5.41, 5.74) is 0.506. The van der Waals surface area contributed by atoms with Crippen molar-refractivity contribution in [2.45, 2.75) is 13.0 Å². The second kappa shape index (κ2) is 5.72. The molecule has 1 amide bonds. The third kappa shape index (κ3) is 2.88. The zero-order valence-electron chi connectivity index (χ0n) is 10.3. The van der Waals surface area contributed by atoms with Crippen LogP contribution in [0.1, 0.15) is 12.5 Å². The first-order valence-electron chi connectivity index (χ1n) is 5.63. The number of rotatable bonds is 3. The molecule has 1 aliphatic rings. The summed E-state index contributed by atoms with van der Waals surface area (Å²) in [5.74, 6) is -2.31. The van der Waals surface area contributed by atoms with Crippen molar-refractivity contribution in [1.82, 2.24) is 4.90 Å². The highest BCUT2D eigenvalue weighted by Gasteiger charge is 2.35. The van der Waals surface area contributed by atoms with E-state index in [0.717, 1.165) is 16.7 Å². The number of carbonyl (C=O) groups excluding carboxylic acids is 2. The first-order chi connectivity index (χ1) is 9.40. The molecule has 0 N–H and O–H groups in total. The molecule has 20 heavy (non-hydrogen) atoms. The lowest BCUT2D eigenvalue weighted by Crippen LogP contribution is -2.48. The Kier molecular flexibility index (Phi) is 4.20. The van der Waals surface area contributed by atoms with Gasteiger partial charge in [-0.2, -0.15) is 0 Å². The molecular formula is C13H9FNO3S2-. The SMILES string of the molecule is C[C@@H](C(=O)[O-])N1C(=O)C(=Cc2cccc(F)c2)SC1=S. The molecule has 0 aromatic heterocycles. The molecule has 0 radical (unpaired) electrons. The molecule has 0 saturated carbocycles. The maximum Gasteiger partial charge on any atom is 0.266 e. The Balaban J connectivity index is 2.30. The Morgan fingerprint density at radius 3 is 2.85 bits per heavy atom. The second-order valence-corrected chi connectivity index (χ2v) is 5.78. The summed E-state index contributed by atoms with van der Waals surface area (Å²) in [4.78, 5) is 24.2. The number of nitrogens with zero attached hydrogens (tertiary/aromatic N) is 1. The fraction of sp³-hybridized carbons (Fsp3) is 0.154. The van der Waals surface area contributed by atoms with E-state index < -0.39 is 23.7 Å².